The van der Waals surface area contributed by atoms with Crippen molar-refractivity contribution in [1.29, 1.82) is 0 Å². The molecule has 0 saturated carbocycles. The van der Waals surface area contributed by atoms with E-state index in [-0.39, 0.29) is 11.3 Å². The molecule has 0 aliphatic carbocycles. The Balaban J connectivity index is 1.83. The fourth-order valence-corrected chi connectivity index (χ4v) is 2.71. The van der Waals surface area contributed by atoms with Gasteiger partial charge in [-0.15, -0.1) is 0 Å². The van der Waals surface area contributed by atoms with E-state index in [1.165, 1.54) is 4.68 Å². The fraction of sp³-hybridized carbons (Fsp3) is 0.143. The quantitative estimate of drug-likeness (QED) is 0.560. The van der Waals surface area contributed by atoms with Crippen molar-refractivity contribution in [2.75, 3.05) is 0 Å². The molecule has 136 valence electrons. The van der Waals surface area contributed by atoms with Crippen LogP contribution in [-0.4, -0.2) is 21.9 Å². The smallest absolute Gasteiger partial charge is 0.267 e. The lowest BCUT2D eigenvalue weighted by molar-refractivity contribution is 0.0949. The average molecular weight is 360 g/mol. The highest BCUT2D eigenvalue weighted by atomic mass is 16.2. The summed E-state index contributed by atoms with van der Waals surface area (Å²) in [5.74, 6) is -0.461. The van der Waals surface area contributed by atoms with Crippen molar-refractivity contribution in [1.82, 2.24) is 15.2 Å². The van der Waals surface area contributed by atoms with Crippen molar-refractivity contribution in [2.24, 2.45) is 5.10 Å². The molecular formula is C21H20N4O2. The van der Waals surface area contributed by atoms with Gasteiger partial charge in [-0.25, -0.2) is 10.1 Å². The molecular weight excluding hydrogens is 340 g/mol. The molecule has 3 rings (SSSR count). The summed E-state index contributed by atoms with van der Waals surface area (Å²) < 4.78 is 1.28. The van der Waals surface area contributed by atoms with Gasteiger partial charge < -0.3 is 0 Å². The lowest BCUT2D eigenvalue weighted by Gasteiger charge is -2.08. The molecule has 0 radical (unpaired) electrons. The van der Waals surface area contributed by atoms with Crippen molar-refractivity contribution < 1.29 is 4.79 Å². The van der Waals surface area contributed by atoms with Crippen LogP contribution >= 0.6 is 0 Å². The van der Waals surface area contributed by atoms with Gasteiger partial charge in [-0.05, 0) is 31.1 Å². The van der Waals surface area contributed by atoms with Crippen LogP contribution in [0.25, 0.3) is 16.8 Å². The van der Waals surface area contributed by atoms with Gasteiger partial charge >= 0.3 is 0 Å². The minimum Gasteiger partial charge on any atom is -0.267 e. The molecule has 3 aromatic rings. The van der Waals surface area contributed by atoms with E-state index in [0.717, 1.165) is 11.1 Å². The van der Waals surface area contributed by atoms with E-state index < -0.39 is 5.91 Å². The second kappa shape index (κ2) is 8.23. The second-order valence-corrected chi connectivity index (χ2v) is 6.01. The highest BCUT2D eigenvalue weighted by Crippen LogP contribution is 2.13. The summed E-state index contributed by atoms with van der Waals surface area (Å²) >= 11 is 0. The molecule has 1 heterocycles. The first kappa shape index (κ1) is 18.3. The van der Waals surface area contributed by atoms with Crippen molar-refractivity contribution in [3.63, 3.8) is 0 Å². The van der Waals surface area contributed by atoms with E-state index in [2.05, 4.69) is 15.6 Å². The zero-order valence-electron chi connectivity index (χ0n) is 15.2. The number of allylic oxidation sites excluding steroid dienone is 1. The molecule has 27 heavy (non-hydrogen) atoms. The lowest BCUT2D eigenvalue weighted by atomic mass is 10.1. The van der Waals surface area contributed by atoms with Crippen molar-refractivity contribution >= 4 is 29.0 Å². The van der Waals surface area contributed by atoms with Crippen molar-refractivity contribution in [2.45, 2.75) is 20.4 Å². The number of fused-ring (bicyclic) bond motifs is 1. The van der Waals surface area contributed by atoms with E-state index >= 15 is 0 Å². The van der Waals surface area contributed by atoms with E-state index in [1.807, 2.05) is 43.3 Å². The molecule has 0 saturated heterocycles. The number of hydrazone groups is 1. The number of carbonyl (C=O) groups is 1. The van der Waals surface area contributed by atoms with Crippen LogP contribution in [0.2, 0.25) is 0 Å². The van der Waals surface area contributed by atoms with E-state index in [9.17, 15) is 9.59 Å². The zero-order chi connectivity index (χ0) is 19.2. The van der Waals surface area contributed by atoms with E-state index in [4.69, 9.17) is 0 Å². The Hall–Kier alpha value is -3.54. The third kappa shape index (κ3) is 4.17. The molecule has 0 aliphatic rings. The normalized spacial score (nSPS) is 11.9. The first-order valence-electron chi connectivity index (χ1n) is 8.66. The highest BCUT2D eigenvalue weighted by molar-refractivity contribution is 6.05. The molecule has 2 aromatic carbocycles. The predicted molar refractivity (Wildman–Crippen MR) is 108 cm³/mol. The Bertz CT molecular complexity index is 1080. The number of nitrogens with one attached hydrogen (secondary N) is 1. The SMILES string of the molecule is CCn1nc(C(=O)N/N=C/C(C)=C/c2ccccc2)c2ccccc2c1=O. The minimum atomic E-state index is -0.461. The summed E-state index contributed by atoms with van der Waals surface area (Å²) in [6.07, 6.45) is 3.53. The molecule has 0 aliphatic heterocycles. The van der Waals surface area contributed by atoms with E-state index in [1.54, 1.807) is 37.4 Å². The van der Waals surface area contributed by atoms with Crippen molar-refractivity contribution in [3.05, 3.63) is 81.8 Å². The first-order valence-corrected chi connectivity index (χ1v) is 8.66. The molecule has 0 atom stereocenters. The number of amides is 1. The maximum atomic E-state index is 12.6. The number of hydrogen-bond acceptors (Lipinski definition) is 4. The Morgan fingerprint density at radius 2 is 1.78 bits per heavy atom. The summed E-state index contributed by atoms with van der Waals surface area (Å²) in [5.41, 5.74) is 4.39. The van der Waals surface area contributed by atoms with Crippen molar-refractivity contribution in [3.8, 4) is 0 Å². The predicted octanol–water partition coefficient (Wildman–Crippen LogP) is 3.24. The largest absolute Gasteiger partial charge is 0.292 e. The number of aromatic nitrogens is 2. The standard InChI is InChI=1S/C21H20N4O2/c1-3-25-21(27)18-12-8-7-11-17(18)19(24-25)20(26)23-22-14-15(2)13-16-9-5-4-6-10-16/h4-14H,3H2,1-2H3,(H,23,26)/b15-13+,22-14+. The average Bonchev–Trinajstić information content (AvgIpc) is 2.69. The zero-order valence-corrected chi connectivity index (χ0v) is 15.2. The first-order chi connectivity index (χ1) is 13.1. The van der Waals surface area contributed by atoms with Gasteiger partial charge in [0, 0.05) is 11.9 Å². The van der Waals surface area contributed by atoms with Gasteiger partial charge in [0.15, 0.2) is 5.69 Å². The van der Waals surface area contributed by atoms with Crippen LogP contribution in [-0.2, 0) is 6.54 Å². The minimum absolute atomic E-state index is 0.175. The number of nitrogens with zero attached hydrogens (tertiary/aromatic N) is 3. The Labute approximate surface area is 156 Å². The molecule has 6 heteroatoms. The summed E-state index contributed by atoms with van der Waals surface area (Å²) in [5, 5.41) is 9.17. The maximum Gasteiger partial charge on any atom is 0.292 e. The van der Waals surface area contributed by atoms with Crippen LogP contribution in [0.15, 0.2) is 70.1 Å². The molecule has 1 N–H and O–H groups in total. The number of aryl methyl sites for hydroxylation is 1. The van der Waals surface area contributed by atoms with Gasteiger partial charge in [-0.2, -0.15) is 10.2 Å². The number of rotatable bonds is 5. The van der Waals surface area contributed by atoms with Gasteiger partial charge in [-0.3, -0.25) is 9.59 Å². The number of benzene rings is 2. The molecule has 0 bridgehead atoms. The van der Waals surface area contributed by atoms with Crippen LogP contribution in [0.5, 0.6) is 0 Å². The molecule has 1 amide bonds. The van der Waals surface area contributed by atoms with Crippen LogP contribution in [0, 0.1) is 0 Å². The molecule has 0 spiro atoms. The molecule has 0 fully saturated rings. The third-order valence-electron chi connectivity index (χ3n) is 4.01. The van der Waals surface area contributed by atoms with Crippen LogP contribution in [0.4, 0.5) is 0 Å². The molecule has 1 aromatic heterocycles. The number of hydrogen-bond donors (Lipinski definition) is 1. The van der Waals surface area contributed by atoms with Gasteiger partial charge in [0.25, 0.3) is 11.5 Å². The highest BCUT2D eigenvalue weighted by Gasteiger charge is 2.15. The summed E-state index contributed by atoms with van der Waals surface area (Å²) in [7, 11) is 0. The number of carbonyl (C=O) groups excluding carboxylic acids is 1. The Morgan fingerprint density at radius 1 is 1.11 bits per heavy atom. The molecule has 6 nitrogen and oxygen atoms in total. The second-order valence-electron chi connectivity index (χ2n) is 6.01. The van der Waals surface area contributed by atoms with Gasteiger partial charge in [0.2, 0.25) is 0 Å². The monoisotopic (exact) mass is 360 g/mol. The summed E-state index contributed by atoms with van der Waals surface area (Å²) in [6.45, 7) is 4.08. The maximum absolute atomic E-state index is 12.6. The molecule has 0 unspecified atom stereocenters. The van der Waals surface area contributed by atoms with Gasteiger partial charge in [-0.1, -0.05) is 54.6 Å². The lowest BCUT2D eigenvalue weighted by Crippen LogP contribution is -2.28. The van der Waals surface area contributed by atoms with Crippen LogP contribution in [0.1, 0.15) is 29.9 Å². The topological polar surface area (TPSA) is 76.3 Å². The van der Waals surface area contributed by atoms with Crippen LogP contribution < -0.4 is 11.0 Å². The van der Waals surface area contributed by atoms with Gasteiger partial charge in [0.1, 0.15) is 0 Å². The fourth-order valence-electron chi connectivity index (χ4n) is 2.71. The van der Waals surface area contributed by atoms with E-state index in [0.29, 0.717) is 17.3 Å². The Kier molecular flexibility index (Phi) is 5.56. The summed E-state index contributed by atoms with van der Waals surface area (Å²) in [4.78, 5) is 24.9. The van der Waals surface area contributed by atoms with Gasteiger partial charge in [0.05, 0.1) is 11.6 Å². The summed E-state index contributed by atoms with van der Waals surface area (Å²) in [6, 6.07) is 16.8. The van der Waals surface area contributed by atoms with Crippen LogP contribution in [0.3, 0.4) is 0 Å². The third-order valence-corrected chi connectivity index (χ3v) is 4.01. The Morgan fingerprint density at radius 3 is 2.48 bits per heavy atom.